The highest BCUT2D eigenvalue weighted by atomic mass is 16.5. The van der Waals surface area contributed by atoms with Gasteiger partial charge in [-0.25, -0.2) is 0 Å². The second-order valence-corrected chi connectivity index (χ2v) is 9.13. The molecule has 38 heavy (non-hydrogen) atoms. The molecule has 1 unspecified atom stereocenters. The molecule has 2 N–H and O–H groups in total. The minimum atomic E-state index is -0.745. The summed E-state index contributed by atoms with van der Waals surface area (Å²) in [5.74, 6) is 1.39. The fraction of sp³-hybridized carbons (Fsp3) is 0.219. The van der Waals surface area contributed by atoms with E-state index in [1.807, 2.05) is 66.7 Å². The molecule has 0 aromatic heterocycles. The number of anilines is 1. The van der Waals surface area contributed by atoms with Crippen molar-refractivity contribution >= 4 is 12.1 Å². The van der Waals surface area contributed by atoms with Crippen LogP contribution in [0.15, 0.2) is 103 Å². The van der Waals surface area contributed by atoms with Crippen LogP contribution in [0.1, 0.15) is 28.4 Å². The second-order valence-electron chi connectivity index (χ2n) is 9.13. The first-order chi connectivity index (χ1) is 18.6. The van der Waals surface area contributed by atoms with Crippen LogP contribution in [0, 0.1) is 0 Å². The number of aliphatic hydroxyl groups excluding tert-OH is 1. The van der Waals surface area contributed by atoms with Crippen LogP contribution in [0.5, 0.6) is 11.5 Å². The number of carbonyl (C=O) groups excluding carboxylic acids is 1. The Bertz CT molecular complexity index is 1260. The molecule has 4 aromatic carbocycles. The number of nitrogens with one attached hydrogen (secondary N) is 1. The first-order valence-corrected chi connectivity index (χ1v) is 12.7. The van der Waals surface area contributed by atoms with Gasteiger partial charge in [-0.3, -0.25) is 9.69 Å². The standard InChI is InChI=1S/C32H34N2O4/c1-37-29-15-12-25(13-16-29)18-19-34(21-26-8-4-2-5-9-26)22-31(36)28-14-17-32(30(20-28)33-24-35)38-23-27-10-6-3-7-11-27/h2-17,20,24,31,36H,18-19,21-23H2,1H3,(H,33,35). The van der Waals surface area contributed by atoms with E-state index in [4.69, 9.17) is 9.47 Å². The minimum absolute atomic E-state index is 0.381. The lowest BCUT2D eigenvalue weighted by atomic mass is 10.1. The summed E-state index contributed by atoms with van der Waals surface area (Å²) in [7, 11) is 1.66. The zero-order valence-corrected chi connectivity index (χ0v) is 21.6. The molecule has 0 fully saturated rings. The summed E-state index contributed by atoms with van der Waals surface area (Å²) in [6, 6.07) is 33.6. The average Bonchev–Trinajstić information content (AvgIpc) is 2.96. The highest BCUT2D eigenvalue weighted by Gasteiger charge is 2.17. The lowest BCUT2D eigenvalue weighted by molar-refractivity contribution is -0.105. The largest absolute Gasteiger partial charge is 0.497 e. The van der Waals surface area contributed by atoms with Gasteiger partial charge in [0.2, 0.25) is 6.41 Å². The van der Waals surface area contributed by atoms with E-state index >= 15 is 0 Å². The van der Waals surface area contributed by atoms with E-state index in [0.29, 0.717) is 43.1 Å². The second kappa shape index (κ2) is 14.0. The molecule has 0 aliphatic carbocycles. The molecule has 0 saturated heterocycles. The zero-order chi connectivity index (χ0) is 26.6. The van der Waals surface area contributed by atoms with Crippen LogP contribution < -0.4 is 14.8 Å². The monoisotopic (exact) mass is 510 g/mol. The first-order valence-electron chi connectivity index (χ1n) is 12.7. The fourth-order valence-electron chi connectivity index (χ4n) is 4.30. The summed E-state index contributed by atoms with van der Waals surface area (Å²) in [6.07, 6.45) is 0.718. The lowest BCUT2D eigenvalue weighted by Gasteiger charge is -2.26. The number of hydrogen-bond donors (Lipinski definition) is 2. The fourth-order valence-corrected chi connectivity index (χ4v) is 4.30. The van der Waals surface area contributed by atoms with Gasteiger partial charge < -0.3 is 19.9 Å². The summed E-state index contributed by atoms with van der Waals surface area (Å²) in [5, 5.41) is 13.9. The van der Waals surface area contributed by atoms with Gasteiger partial charge >= 0.3 is 0 Å². The number of methoxy groups -OCH3 is 1. The van der Waals surface area contributed by atoms with Crippen LogP contribution in [0.2, 0.25) is 0 Å². The molecule has 4 rings (SSSR count). The number of rotatable bonds is 14. The van der Waals surface area contributed by atoms with Crippen LogP contribution in [-0.2, 0) is 24.4 Å². The molecule has 6 heteroatoms. The van der Waals surface area contributed by atoms with Gasteiger partial charge in [0.25, 0.3) is 0 Å². The van der Waals surface area contributed by atoms with E-state index in [-0.39, 0.29) is 0 Å². The Balaban J connectivity index is 1.46. The van der Waals surface area contributed by atoms with Gasteiger partial charge in [0.05, 0.1) is 18.9 Å². The number of aliphatic hydroxyl groups is 1. The van der Waals surface area contributed by atoms with Crippen molar-refractivity contribution in [3.05, 3.63) is 125 Å². The van der Waals surface area contributed by atoms with Crippen LogP contribution in [0.4, 0.5) is 5.69 Å². The van der Waals surface area contributed by atoms with Crippen LogP contribution in [0.25, 0.3) is 0 Å². The Morgan fingerprint density at radius 3 is 2.21 bits per heavy atom. The van der Waals surface area contributed by atoms with Crippen LogP contribution in [-0.4, -0.2) is 36.6 Å². The Labute approximate surface area is 224 Å². The van der Waals surface area contributed by atoms with Crippen molar-refractivity contribution in [1.29, 1.82) is 0 Å². The van der Waals surface area contributed by atoms with E-state index in [1.165, 1.54) is 11.1 Å². The molecule has 0 aliphatic rings. The van der Waals surface area contributed by atoms with Crippen molar-refractivity contribution < 1.29 is 19.4 Å². The normalized spacial score (nSPS) is 11.7. The van der Waals surface area contributed by atoms with Crippen molar-refractivity contribution in [2.45, 2.75) is 25.7 Å². The minimum Gasteiger partial charge on any atom is -0.497 e. The highest BCUT2D eigenvalue weighted by molar-refractivity contribution is 5.76. The third-order valence-electron chi connectivity index (χ3n) is 6.40. The van der Waals surface area contributed by atoms with Gasteiger partial charge in [-0.05, 0) is 52.9 Å². The number of ether oxygens (including phenoxy) is 2. The average molecular weight is 511 g/mol. The molecule has 0 aliphatic heterocycles. The predicted octanol–water partition coefficient (Wildman–Crippen LogP) is 5.62. The van der Waals surface area contributed by atoms with Crippen LogP contribution in [0.3, 0.4) is 0 Å². The van der Waals surface area contributed by atoms with Gasteiger partial charge in [-0.15, -0.1) is 0 Å². The first kappa shape index (κ1) is 26.9. The molecule has 1 atom stereocenters. The molecule has 0 spiro atoms. The number of benzene rings is 4. The Morgan fingerprint density at radius 1 is 0.868 bits per heavy atom. The summed E-state index contributed by atoms with van der Waals surface area (Å²) in [5.41, 5.74) is 4.66. The van der Waals surface area contributed by atoms with Gasteiger partial charge in [0, 0.05) is 19.6 Å². The van der Waals surface area contributed by atoms with Gasteiger partial charge in [-0.2, -0.15) is 0 Å². The number of hydrogen-bond acceptors (Lipinski definition) is 5. The molecular weight excluding hydrogens is 476 g/mol. The maximum atomic E-state index is 11.3. The van der Waals surface area contributed by atoms with E-state index in [2.05, 4.69) is 34.5 Å². The molecule has 0 radical (unpaired) electrons. The van der Waals surface area contributed by atoms with Crippen molar-refractivity contribution in [2.75, 3.05) is 25.5 Å². The number of nitrogens with zero attached hydrogens (tertiary/aromatic N) is 1. The summed E-state index contributed by atoms with van der Waals surface area (Å²) >= 11 is 0. The van der Waals surface area contributed by atoms with Crippen molar-refractivity contribution in [1.82, 2.24) is 4.90 Å². The van der Waals surface area contributed by atoms with Crippen molar-refractivity contribution in [3.63, 3.8) is 0 Å². The molecule has 0 heterocycles. The molecule has 4 aromatic rings. The van der Waals surface area contributed by atoms with E-state index in [9.17, 15) is 9.90 Å². The van der Waals surface area contributed by atoms with Crippen molar-refractivity contribution in [2.24, 2.45) is 0 Å². The van der Waals surface area contributed by atoms with Crippen molar-refractivity contribution in [3.8, 4) is 11.5 Å². The third kappa shape index (κ3) is 7.93. The topological polar surface area (TPSA) is 71.0 Å². The smallest absolute Gasteiger partial charge is 0.211 e. The molecule has 0 bridgehead atoms. The maximum Gasteiger partial charge on any atom is 0.211 e. The Morgan fingerprint density at radius 2 is 1.55 bits per heavy atom. The van der Waals surface area contributed by atoms with E-state index in [1.54, 1.807) is 19.2 Å². The maximum absolute atomic E-state index is 11.3. The Kier molecular flexibility index (Phi) is 9.90. The van der Waals surface area contributed by atoms with E-state index < -0.39 is 6.10 Å². The number of carbonyl (C=O) groups is 1. The summed E-state index contributed by atoms with van der Waals surface area (Å²) in [4.78, 5) is 13.5. The predicted molar refractivity (Wildman–Crippen MR) is 150 cm³/mol. The third-order valence-corrected chi connectivity index (χ3v) is 6.40. The van der Waals surface area contributed by atoms with Gasteiger partial charge in [-0.1, -0.05) is 78.9 Å². The van der Waals surface area contributed by atoms with Gasteiger partial charge in [0.15, 0.2) is 0 Å². The zero-order valence-electron chi connectivity index (χ0n) is 21.6. The van der Waals surface area contributed by atoms with Gasteiger partial charge in [0.1, 0.15) is 18.1 Å². The number of amides is 1. The molecule has 196 valence electrons. The highest BCUT2D eigenvalue weighted by Crippen LogP contribution is 2.29. The Hall–Kier alpha value is -4.13. The molecular formula is C32H34N2O4. The molecule has 6 nitrogen and oxygen atoms in total. The summed E-state index contributed by atoms with van der Waals surface area (Å²) < 4.78 is 11.2. The van der Waals surface area contributed by atoms with Crippen LogP contribution >= 0.6 is 0 Å². The van der Waals surface area contributed by atoms with E-state index in [0.717, 1.165) is 24.3 Å². The molecule has 0 saturated carbocycles. The summed E-state index contributed by atoms with van der Waals surface area (Å²) in [6.45, 7) is 2.31. The molecule has 1 amide bonds. The lowest BCUT2D eigenvalue weighted by Crippen LogP contribution is -2.30. The SMILES string of the molecule is COc1ccc(CCN(Cc2ccccc2)CC(O)c2ccc(OCc3ccccc3)c(NC=O)c2)cc1. The quantitative estimate of drug-likeness (QED) is 0.216.